The molecule has 4 nitrogen and oxygen atoms in total. The van der Waals surface area contributed by atoms with E-state index in [-0.39, 0.29) is 0 Å². The van der Waals surface area contributed by atoms with E-state index in [2.05, 4.69) is 5.32 Å². The molecule has 2 amide bonds. The minimum atomic E-state index is -0.540. The Bertz CT molecular complexity index is 528. The Morgan fingerprint density at radius 3 is 2.52 bits per heavy atom. The third kappa shape index (κ3) is 4.61. The minimum Gasteiger partial charge on any atom is -0.347 e. The molecule has 0 spiro atoms. The van der Waals surface area contributed by atoms with Crippen LogP contribution in [0.5, 0.6) is 0 Å². The maximum atomic E-state index is 11.9. The zero-order valence-electron chi connectivity index (χ0n) is 11.7. The smallest absolute Gasteiger partial charge is 0.311 e. The zero-order valence-corrected chi connectivity index (χ0v) is 13.2. The SMILES string of the molecule is O=C(NCCc1ccc(Cl)cc1Cl)C(=O)N1CCCCC1. The van der Waals surface area contributed by atoms with E-state index in [1.54, 1.807) is 17.0 Å². The first-order valence-electron chi connectivity index (χ1n) is 7.09. The molecular weight excluding hydrogens is 311 g/mol. The molecular formula is C15H18Cl2N2O2. The number of rotatable bonds is 3. The second-order valence-corrected chi connectivity index (χ2v) is 5.94. The van der Waals surface area contributed by atoms with Crippen molar-refractivity contribution in [1.29, 1.82) is 0 Å². The summed E-state index contributed by atoms with van der Waals surface area (Å²) in [4.78, 5) is 25.4. The molecule has 1 aromatic carbocycles. The van der Waals surface area contributed by atoms with Crippen LogP contribution in [0.1, 0.15) is 24.8 Å². The molecule has 1 aromatic rings. The normalized spacial score (nSPS) is 14.9. The first kappa shape index (κ1) is 16.1. The van der Waals surface area contributed by atoms with E-state index in [1.807, 2.05) is 6.07 Å². The number of nitrogens with zero attached hydrogens (tertiary/aromatic N) is 1. The predicted molar refractivity (Wildman–Crippen MR) is 83.6 cm³/mol. The first-order chi connectivity index (χ1) is 10.1. The Kier molecular flexibility index (Phi) is 5.88. The lowest BCUT2D eigenvalue weighted by atomic mass is 10.1. The number of likely N-dealkylation sites (tertiary alicyclic amines) is 1. The van der Waals surface area contributed by atoms with Crippen molar-refractivity contribution in [3.63, 3.8) is 0 Å². The molecule has 1 aliphatic rings. The van der Waals surface area contributed by atoms with Gasteiger partial charge in [0.25, 0.3) is 0 Å². The summed E-state index contributed by atoms with van der Waals surface area (Å²) < 4.78 is 0. The number of hydrogen-bond donors (Lipinski definition) is 1. The van der Waals surface area contributed by atoms with Crippen LogP contribution in [-0.4, -0.2) is 36.3 Å². The summed E-state index contributed by atoms with van der Waals surface area (Å²) in [6.45, 7) is 1.73. The van der Waals surface area contributed by atoms with Gasteiger partial charge in [0.2, 0.25) is 0 Å². The molecule has 0 radical (unpaired) electrons. The van der Waals surface area contributed by atoms with Crippen molar-refractivity contribution in [2.75, 3.05) is 19.6 Å². The highest BCUT2D eigenvalue weighted by atomic mass is 35.5. The molecule has 0 aliphatic carbocycles. The molecule has 1 saturated heterocycles. The van der Waals surface area contributed by atoms with Crippen LogP contribution in [-0.2, 0) is 16.0 Å². The van der Waals surface area contributed by atoms with Crippen molar-refractivity contribution in [3.8, 4) is 0 Å². The second-order valence-electron chi connectivity index (χ2n) is 5.09. The Balaban J connectivity index is 1.79. The summed E-state index contributed by atoms with van der Waals surface area (Å²) >= 11 is 11.9. The maximum Gasteiger partial charge on any atom is 0.311 e. The van der Waals surface area contributed by atoms with Gasteiger partial charge in [-0.25, -0.2) is 0 Å². The van der Waals surface area contributed by atoms with Gasteiger partial charge in [0.1, 0.15) is 0 Å². The monoisotopic (exact) mass is 328 g/mol. The molecule has 1 N–H and O–H groups in total. The van der Waals surface area contributed by atoms with E-state index in [9.17, 15) is 9.59 Å². The van der Waals surface area contributed by atoms with E-state index < -0.39 is 11.8 Å². The molecule has 1 heterocycles. The lowest BCUT2D eigenvalue weighted by molar-refractivity contribution is -0.146. The quantitative estimate of drug-likeness (QED) is 0.867. The molecule has 2 rings (SSSR count). The average molecular weight is 329 g/mol. The van der Waals surface area contributed by atoms with Crippen LogP contribution in [0.4, 0.5) is 0 Å². The lowest BCUT2D eigenvalue weighted by Crippen LogP contribution is -2.45. The van der Waals surface area contributed by atoms with Gasteiger partial charge in [-0.3, -0.25) is 9.59 Å². The summed E-state index contributed by atoms with van der Waals surface area (Å²) in [5.41, 5.74) is 0.895. The summed E-state index contributed by atoms with van der Waals surface area (Å²) in [6, 6.07) is 5.24. The van der Waals surface area contributed by atoms with E-state index >= 15 is 0 Å². The van der Waals surface area contributed by atoms with Gasteiger partial charge in [0, 0.05) is 29.7 Å². The van der Waals surface area contributed by atoms with Crippen molar-refractivity contribution in [2.24, 2.45) is 0 Å². The second kappa shape index (κ2) is 7.66. The first-order valence-corrected chi connectivity index (χ1v) is 7.84. The molecule has 21 heavy (non-hydrogen) atoms. The van der Waals surface area contributed by atoms with E-state index in [0.29, 0.717) is 36.1 Å². The van der Waals surface area contributed by atoms with E-state index in [1.165, 1.54) is 0 Å². The van der Waals surface area contributed by atoms with Gasteiger partial charge in [-0.2, -0.15) is 0 Å². The molecule has 1 fully saturated rings. The van der Waals surface area contributed by atoms with Crippen molar-refractivity contribution in [1.82, 2.24) is 10.2 Å². The molecule has 0 aromatic heterocycles. The topological polar surface area (TPSA) is 49.4 Å². The van der Waals surface area contributed by atoms with Crippen molar-refractivity contribution in [3.05, 3.63) is 33.8 Å². The number of benzene rings is 1. The van der Waals surface area contributed by atoms with Crippen LogP contribution in [0.2, 0.25) is 10.0 Å². The summed E-state index contributed by atoms with van der Waals surface area (Å²) in [7, 11) is 0. The zero-order chi connectivity index (χ0) is 15.2. The number of amides is 2. The molecule has 1 aliphatic heterocycles. The number of piperidine rings is 1. The van der Waals surface area contributed by atoms with Crippen LogP contribution in [0.3, 0.4) is 0 Å². The van der Waals surface area contributed by atoms with Crippen LogP contribution in [0, 0.1) is 0 Å². The standard InChI is InChI=1S/C15H18Cl2N2O2/c16-12-5-4-11(13(17)10-12)6-7-18-14(20)15(21)19-8-2-1-3-9-19/h4-5,10H,1-3,6-9H2,(H,18,20). The fourth-order valence-electron chi connectivity index (χ4n) is 2.35. The number of hydrogen-bond acceptors (Lipinski definition) is 2. The Hall–Kier alpha value is -1.26. The molecule has 0 unspecified atom stereocenters. The largest absolute Gasteiger partial charge is 0.347 e. The average Bonchev–Trinajstić information content (AvgIpc) is 2.49. The fraction of sp³-hybridized carbons (Fsp3) is 0.467. The van der Waals surface area contributed by atoms with Gasteiger partial charge in [0.05, 0.1) is 0 Å². The fourth-order valence-corrected chi connectivity index (χ4v) is 2.85. The molecule has 0 saturated carbocycles. The maximum absolute atomic E-state index is 11.9. The summed E-state index contributed by atoms with van der Waals surface area (Å²) in [5, 5.41) is 3.79. The summed E-state index contributed by atoms with van der Waals surface area (Å²) in [6.07, 6.45) is 3.63. The summed E-state index contributed by atoms with van der Waals surface area (Å²) in [5.74, 6) is -0.973. The van der Waals surface area contributed by atoms with Gasteiger partial charge < -0.3 is 10.2 Å². The van der Waals surface area contributed by atoms with Gasteiger partial charge >= 0.3 is 11.8 Å². The molecule has 0 bridgehead atoms. The van der Waals surface area contributed by atoms with E-state index in [4.69, 9.17) is 23.2 Å². The van der Waals surface area contributed by atoms with Crippen LogP contribution in [0.15, 0.2) is 18.2 Å². The van der Waals surface area contributed by atoms with Crippen LogP contribution < -0.4 is 5.32 Å². The highest BCUT2D eigenvalue weighted by Gasteiger charge is 2.22. The third-order valence-corrected chi connectivity index (χ3v) is 4.12. The molecule has 114 valence electrons. The van der Waals surface area contributed by atoms with E-state index in [0.717, 1.165) is 24.8 Å². The van der Waals surface area contributed by atoms with Crippen LogP contribution >= 0.6 is 23.2 Å². The van der Waals surface area contributed by atoms with Gasteiger partial charge in [0.15, 0.2) is 0 Å². The van der Waals surface area contributed by atoms with Crippen molar-refractivity contribution >= 4 is 35.0 Å². The highest BCUT2D eigenvalue weighted by Crippen LogP contribution is 2.21. The number of carbonyl (C=O) groups excluding carboxylic acids is 2. The number of carbonyl (C=O) groups is 2. The van der Waals surface area contributed by atoms with Gasteiger partial charge in [-0.15, -0.1) is 0 Å². The molecule has 0 atom stereocenters. The Morgan fingerprint density at radius 2 is 1.86 bits per heavy atom. The lowest BCUT2D eigenvalue weighted by Gasteiger charge is -2.25. The van der Waals surface area contributed by atoms with Gasteiger partial charge in [-0.05, 0) is 43.4 Å². The van der Waals surface area contributed by atoms with Crippen molar-refractivity contribution in [2.45, 2.75) is 25.7 Å². The van der Waals surface area contributed by atoms with Crippen molar-refractivity contribution < 1.29 is 9.59 Å². The Morgan fingerprint density at radius 1 is 1.14 bits per heavy atom. The Labute approximate surface area is 134 Å². The highest BCUT2D eigenvalue weighted by molar-refractivity contribution is 6.35. The number of halogens is 2. The van der Waals surface area contributed by atoms with Gasteiger partial charge in [-0.1, -0.05) is 29.3 Å². The van der Waals surface area contributed by atoms with Crippen LogP contribution in [0.25, 0.3) is 0 Å². The number of nitrogens with one attached hydrogen (secondary N) is 1. The predicted octanol–water partition coefficient (Wildman–Crippen LogP) is 2.66. The molecule has 6 heteroatoms. The third-order valence-electron chi connectivity index (χ3n) is 3.53. The minimum absolute atomic E-state index is 0.375.